The second kappa shape index (κ2) is 6.74. The van der Waals surface area contributed by atoms with E-state index in [-0.39, 0.29) is 0 Å². The molecule has 2 aromatic rings. The van der Waals surface area contributed by atoms with E-state index in [0.717, 1.165) is 5.56 Å². The van der Waals surface area contributed by atoms with Gasteiger partial charge >= 0.3 is 5.97 Å². The number of nitrogens with one attached hydrogen (secondary N) is 1. The molecule has 4 nitrogen and oxygen atoms in total. The fourth-order valence-corrected chi connectivity index (χ4v) is 2.44. The summed E-state index contributed by atoms with van der Waals surface area (Å²) in [7, 11) is 0. The summed E-state index contributed by atoms with van der Waals surface area (Å²) in [5, 5.41) is 6.72. The van der Waals surface area contributed by atoms with Gasteiger partial charge in [0.15, 0.2) is 6.10 Å². The van der Waals surface area contributed by atoms with Gasteiger partial charge in [-0.15, -0.1) is 0 Å². The lowest BCUT2D eigenvalue weighted by Gasteiger charge is -2.14. The molecule has 0 bridgehead atoms. The van der Waals surface area contributed by atoms with Crippen LogP contribution in [0.4, 0.5) is 5.69 Å². The van der Waals surface area contributed by atoms with Gasteiger partial charge in [0.25, 0.3) is 5.91 Å². The first-order valence-corrected chi connectivity index (χ1v) is 7.60. The summed E-state index contributed by atoms with van der Waals surface area (Å²) in [4.78, 5) is 23.8. The Balaban J connectivity index is 2.00. The molecule has 0 unspecified atom stereocenters. The van der Waals surface area contributed by atoms with E-state index in [2.05, 4.69) is 5.32 Å². The van der Waals surface area contributed by atoms with Crippen LogP contribution in [0.3, 0.4) is 0 Å². The van der Waals surface area contributed by atoms with Gasteiger partial charge in [0.05, 0.1) is 5.56 Å². The first-order chi connectivity index (χ1) is 9.99. The number of amides is 1. The summed E-state index contributed by atoms with van der Waals surface area (Å²) in [6.07, 6.45) is -0.893. The van der Waals surface area contributed by atoms with Crippen molar-refractivity contribution in [2.24, 2.45) is 0 Å². The van der Waals surface area contributed by atoms with Crippen molar-refractivity contribution in [1.29, 1.82) is 0 Å². The number of thiophene rings is 1. The predicted octanol–water partition coefficient (Wildman–Crippen LogP) is 3.89. The van der Waals surface area contributed by atoms with E-state index in [1.54, 1.807) is 41.9 Å². The second-order valence-electron chi connectivity index (χ2n) is 4.46. The fourth-order valence-electron chi connectivity index (χ4n) is 1.64. The van der Waals surface area contributed by atoms with Crippen molar-refractivity contribution in [2.75, 3.05) is 5.32 Å². The topological polar surface area (TPSA) is 55.4 Å². The van der Waals surface area contributed by atoms with Crippen molar-refractivity contribution in [3.05, 3.63) is 51.2 Å². The van der Waals surface area contributed by atoms with Crippen LogP contribution < -0.4 is 5.32 Å². The van der Waals surface area contributed by atoms with Crippen LogP contribution >= 0.6 is 22.9 Å². The molecule has 1 aromatic carbocycles. The summed E-state index contributed by atoms with van der Waals surface area (Å²) in [6, 6.07) is 6.88. The molecule has 0 fully saturated rings. The van der Waals surface area contributed by atoms with E-state index < -0.39 is 18.0 Å². The third-order valence-corrected chi connectivity index (χ3v) is 4.03. The van der Waals surface area contributed by atoms with E-state index in [1.807, 2.05) is 0 Å². The van der Waals surface area contributed by atoms with Gasteiger partial charge < -0.3 is 10.1 Å². The Morgan fingerprint density at radius 1 is 1.33 bits per heavy atom. The van der Waals surface area contributed by atoms with Gasteiger partial charge in [-0.05, 0) is 43.0 Å². The Hall–Kier alpha value is -1.85. The van der Waals surface area contributed by atoms with E-state index in [4.69, 9.17) is 16.3 Å². The van der Waals surface area contributed by atoms with Crippen molar-refractivity contribution >= 4 is 40.5 Å². The zero-order chi connectivity index (χ0) is 15.4. The van der Waals surface area contributed by atoms with Gasteiger partial charge in [0.2, 0.25) is 0 Å². The number of anilines is 1. The van der Waals surface area contributed by atoms with Crippen LogP contribution in [0.1, 0.15) is 22.8 Å². The van der Waals surface area contributed by atoms with Gasteiger partial charge in [-0.3, -0.25) is 4.79 Å². The largest absolute Gasteiger partial charge is 0.449 e. The molecule has 1 heterocycles. The highest BCUT2D eigenvalue weighted by Gasteiger charge is 2.20. The van der Waals surface area contributed by atoms with Gasteiger partial charge in [-0.1, -0.05) is 17.7 Å². The van der Waals surface area contributed by atoms with E-state index >= 15 is 0 Å². The SMILES string of the molecule is Cc1c(Cl)cccc1NC(=O)[C@@H](C)OC(=O)c1ccsc1. The third-order valence-electron chi connectivity index (χ3n) is 2.94. The molecule has 0 aliphatic carbocycles. The molecule has 1 atom stereocenters. The second-order valence-corrected chi connectivity index (χ2v) is 5.65. The fraction of sp³-hybridized carbons (Fsp3) is 0.200. The molecule has 110 valence electrons. The lowest BCUT2D eigenvalue weighted by atomic mass is 10.2. The molecule has 0 aliphatic rings. The van der Waals surface area contributed by atoms with Crippen LogP contribution in [-0.4, -0.2) is 18.0 Å². The number of carbonyl (C=O) groups excluding carboxylic acids is 2. The van der Waals surface area contributed by atoms with Crippen LogP contribution in [0.5, 0.6) is 0 Å². The van der Waals surface area contributed by atoms with Gasteiger partial charge in [0.1, 0.15) is 0 Å². The minimum Gasteiger partial charge on any atom is -0.449 e. The maximum absolute atomic E-state index is 12.1. The molecule has 0 radical (unpaired) electrons. The number of benzene rings is 1. The van der Waals surface area contributed by atoms with Gasteiger partial charge in [-0.25, -0.2) is 4.79 Å². The number of carbonyl (C=O) groups is 2. The van der Waals surface area contributed by atoms with E-state index in [9.17, 15) is 9.59 Å². The van der Waals surface area contributed by atoms with Crippen LogP contribution in [0.2, 0.25) is 5.02 Å². The van der Waals surface area contributed by atoms with Crippen molar-refractivity contribution in [2.45, 2.75) is 20.0 Å². The van der Waals surface area contributed by atoms with Crippen LogP contribution in [-0.2, 0) is 9.53 Å². The number of rotatable bonds is 4. The monoisotopic (exact) mass is 323 g/mol. The number of hydrogen-bond acceptors (Lipinski definition) is 4. The van der Waals surface area contributed by atoms with Gasteiger partial charge in [-0.2, -0.15) is 11.3 Å². The summed E-state index contributed by atoms with van der Waals surface area (Å²) in [6.45, 7) is 3.33. The zero-order valence-corrected chi connectivity index (χ0v) is 13.1. The summed E-state index contributed by atoms with van der Waals surface area (Å²) in [5.74, 6) is -0.911. The molecular weight excluding hydrogens is 310 g/mol. The quantitative estimate of drug-likeness (QED) is 0.868. The molecule has 1 aromatic heterocycles. The minimum atomic E-state index is -0.893. The molecule has 6 heteroatoms. The number of halogens is 1. The van der Waals surface area contributed by atoms with Crippen LogP contribution in [0.25, 0.3) is 0 Å². The van der Waals surface area contributed by atoms with Gasteiger partial charge in [0, 0.05) is 16.1 Å². The number of esters is 1. The Kier molecular flexibility index (Phi) is 4.98. The summed E-state index contributed by atoms with van der Waals surface area (Å²) in [5.41, 5.74) is 1.81. The highest BCUT2D eigenvalue weighted by molar-refractivity contribution is 7.08. The van der Waals surface area contributed by atoms with Crippen molar-refractivity contribution < 1.29 is 14.3 Å². The molecule has 0 spiro atoms. The molecular formula is C15H14ClNO3S. The molecule has 21 heavy (non-hydrogen) atoms. The smallest absolute Gasteiger partial charge is 0.339 e. The first-order valence-electron chi connectivity index (χ1n) is 6.28. The lowest BCUT2D eigenvalue weighted by Crippen LogP contribution is -2.30. The molecule has 0 saturated carbocycles. The number of hydrogen-bond donors (Lipinski definition) is 1. The Morgan fingerprint density at radius 3 is 2.76 bits per heavy atom. The Morgan fingerprint density at radius 2 is 2.10 bits per heavy atom. The maximum Gasteiger partial charge on any atom is 0.339 e. The highest BCUT2D eigenvalue weighted by Crippen LogP contribution is 2.23. The lowest BCUT2D eigenvalue weighted by molar-refractivity contribution is -0.123. The molecule has 0 aliphatic heterocycles. The van der Waals surface area contributed by atoms with Crippen molar-refractivity contribution in [1.82, 2.24) is 0 Å². The van der Waals surface area contributed by atoms with Crippen molar-refractivity contribution in [3.63, 3.8) is 0 Å². The normalized spacial score (nSPS) is 11.8. The average Bonchev–Trinajstić information content (AvgIpc) is 2.98. The average molecular weight is 324 g/mol. The third kappa shape index (κ3) is 3.83. The summed E-state index contributed by atoms with van der Waals surface area (Å²) < 4.78 is 5.12. The van der Waals surface area contributed by atoms with E-state index in [1.165, 1.54) is 18.3 Å². The van der Waals surface area contributed by atoms with Crippen molar-refractivity contribution in [3.8, 4) is 0 Å². The molecule has 1 amide bonds. The minimum absolute atomic E-state index is 0.399. The molecule has 2 rings (SSSR count). The molecule has 1 N–H and O–H groups in total. The summed E-state index contributed by atoms with van der Waals surface area (Å²) >= 11 is 7.39. The van der Waals surface area contributed by atoms with Crippen LogP contribution in [0, 0.1) is 6.92 Å². The number of ether oxygens (including phenoxy) is 1. The zero-order valence-electron chi connectivity index (χ0n) is 11.6. The standard InChI is InChI=1S/C15H14ClNO3S/c1-9-12(16)4-3-5-13(9)17-14(18)10(2)20-15(19)11-6-7-21-8-11/h3-8,10H,1-2H3,(H,17,18)/t10-/m1/s1. The predicted molar refractivity (Wildman–Crippen MR) is 84.0 cm³/mol. The van der Waals surface area contributed by atoms with E-state index in [0.29, 0.717) is 16.3 Å². The maximum atomic E-state index is 12.1. The Labute approximate surface area is 131 Å². The first kappa shape index (κ1) is 15.5. The highest BCUT2D eigenvalue weighted by atomic mass is 35.5. The molecule has 0 saturated heterocycles. The Bertz CT molecular complexity index is 655. The van der Waals surface area contributed by atoms with Crippen LogP contribution in [0.15, 0.2) is 35.0 Å².